The summed E-state index contributed by atoms with van der Waals surface area (Å²) in [6.07, 6.45) is 5.85. The molecule has 4 nitrogen and oxygen atoms in total. The van der Waals surface area contributed by atoms with Gasteiger partial charge in [-0.15, -0.1) is 0 Å². The van der Waals surface area contributed by atoms with Gasteiger partial charge in [0.2, 0.25) is 0 Å². The van der Waals surface area contributed by atoms with Crippen LogP contribution >= 0.6 is 0 Å². The van der Waals surface area contributed by atoms with E-state index in [4.69, 9.17) is 9.47 Å². The zero-order valence-corrected chi connectivity index (χ0v) is 11.0. The van der Waals surface area contributed by atoms with Gasteiger partial charge >= 0.3 is 0 Å². The molecule has 0 bridgehead atoms. The van der Waals surface area contributed by atoms with Crippen molar-refractivity contribution < 1.29 is 9.47 Å². The van der Waals surface area contributed by atoms with Gasteiger partial charge in [-0.1, -0.05) is 0 Å². The average molecular weight is 242 g/mol. The predicted molar refractivity (Wildman–Crippen MR) is 68.3 cm³/mol. The molecule has 0 amide bonds. The minimum absolute atomic E-state index is 0.446. The van der Waals surface area contributed by atoms with Gasteiger partial charge in [0.05, 0.1) is 12.2 Å². The molecule has 2 rings (SSSR count). The Labute approximate surface area is 105 Å². The Kier molecular flexibility index (Phi) is 5.71. The van der Waals surface area contributed by atoms with Gasteiger partial charge in [0.25, 0.3) is 0 Å². The van der Waals surface area contributed by atoms with Crippen molar-refractivity contribution >= 4 is 0 Å². The zero-order valence-electron chi connectivity index (χ0n) is 11.0. The molecule has 2 atom stereocenters. The van der Waals surface area contributed by atoms with Crippen molar-refractivity contribution in [3.63, 3.8) is 0 Å². The fraction of sp³-hybridized carbons (Fsp3) is 1.00. The number of hydrogen-bond donors (Lipinski definition) is 1. The molecular weight excluding hydrogens is 216 g/mol. The first-order chi connectivity index (χ1) is 8.38. The van der Waals surface area contributed by atoms with Crippen LogP contribution in [0.4, 0.5) is 0 Å². The highest BCUT2D eigenvalue weighted by Gasteiger charge is 2.19. The minimum atomic E-state index is 0.446. The number of piperidine rings is 1. The lowest BCUT2D eigenvalue weighted by molar-refractivity contribution is 0.0314. The summed E-state index contributed by atoms with van der Waals surface area (Å²) in [5.41, 5.74) is 0. The van der Waals surface area contributed by atoms with Crippen LogP contribution < -0.4 is 5.32 Å². The SMILES string of the molecule is COC1CCCN(CCNCC2CCCO2)C1. The molecule has 0 radical (unpaired) electrons. The van der Waals surface area contributed by atoms with E-state index in [0.717, 1.165) is 32.8 Å². The molecule has 0 saturated carbocycles. The van der Waals surface area contributed by atoms with E-state index in [1.165, 1.54) is 32.2 Å². The normalized spacial score (nSPS) is 30.9. The van der Waals surface area contributed by atoms with E-state index in [-0.39, 0.29) is 0 Å². The molecule has 2 fully saturated rings. The molecule has 2 unspecified atom stereocenters. The van der Waals surface area contributed by atoms with Gasteiger partial charge in [0.1, 0.15) is 0 Å². The zero-order chi connectivity index (χ0) is 11.9. The third-order valence-electron chi connectivity index (χ3n) is 3.80. The Morgan fingerprint density at radius 1 is 1.35 bits per heavy atom. The highest BCUT2D eigenvalue weighted by Crippen LogP contribution is 2.12. The number of nitrogens with one attached hydrogen (secondary N) is 1. The molecule has 0 aliphatic carbocycles. The van der Waals surface area contributed by atoms with Crippen molar-refractivity contribution in [2.45, 2.75) is 37.9 Å². The Hall–Kier alpha value is -0.160. The van der Waals surface area contributed by atoms with Crippen LogP contribution in [0.3, 0.4) is 0 Å². The molecule has 2 saturated heterocycles. The van der Waals surface area contributed by atoms with E-state index < -0.39 is 0 Å². The number of nitrogens with zero attached hydrogens (tertiary/aromatic N) is 1. The van der Waals surface area contributed by atoms with Crippen molar-refractivity contribution in [1.82, 2.24) is 10.2 Å². The van der Waals surface area contributed by atoms with Crippen molar-refractivity contribution in [2.24, 2.45) is 0 Å². The maximum atomic E-state index is 5.58. The predicted octanol–water partition coefficient (Wildman–Crippen LogP) is 0.866. The van der Waals surface area contributed by atoms with Crippen LogP contribution in [0.1, 0.15) is 25.7 Å². The molecule has 2 aliphatic heterocycles. The number of hydrogen-bond acceptors (Lipinski definition) is 4. The number of ether oxygens (including phenoxy) is 2. The highest BCUT2D eigenvalue weighted by molar-refractivity contribution is 4.74. The standard InChI is InChI=1S/C13H26N2O2/c1-16-13-4-2-7-15(11-13)8-6-14-10-12-5-3-9-17-12/h12-14H,2-11H2,1H3. The quantitative estimate of drug-likeness (QED) is 0.701. The van der Waals surface area contributed by atoms with Crippen LogP contribution in [0.2, 0.25) is 0 Å². The number of rotatable bonds is 6. The van der Waals surface area contributed by atoms with Gasteiger partial charge < -0.3 is 14.8 Å². The van der Waals surface area contributed by atoms with Gasteiger partial charge in [-0.25, -0.2) is 0 Å². The lowest BCUT2D eigenvalue weighted by atomic mass is 10.1. The molecule has 1 N–H and O–H groups in total. The van der Waals surface area contributed by atoms with Crippen LogP contribution in [0.15, 0.2) is 0 Å². The Morgan fingerprint density at radius 2 is 2.29 bits per heavy atom. The van der Waals surface area contributed by atoms with Gasteiger partial charge in [0, 0.05) is 39.9 Å². The fourth-order valence-electron chi connectivity index (χ4n) is 2.71. The largest absolute Gasteiger partial charge is 0.380 e. The van der Waals surface area contributed by atoms with Crippen LogP contribution in [0.5, 0.6) is 0 Å². The molecule has 17 heavy (non-hydrogen) atoms. The summed E-state index contributed by atoms with van der Waals surface area (Å²) in [5, 5.41) is 3.50. The third kappa shape index (κ3) is 4.54. The molecule has 2 aliphatic rings. The van der Waals surface area contributed by atoms with E-state index in [1.807, 2.05) is 7.11 Å². The monoisotopic (exact) mass is 242 g/mol. The number of likely N-dealkylation sites (tertiary alicyclic amines) is 1. The smallest absolute Gasteiger partial charge is 0.0700 e. The molecule has 100 valence electrons. The van der Waals surface area contributed by atoms with Crippen LogP contribution in [0.25, 0.3) is 0 Å². The van der Waals surface area contributed by atoms with Gasteiger partial charge in [-0.3, -0.25) is 4.90 Å². The summed E-state index contributed by atoms with van der Waals surface area (Å²) >= 11 is 0. The summed E-state index contributed by atoms with van der Waals surface area (Å²) in [5.74, 6) is 0. The van der Waals surface area contributed by atoms with Crippen molar-refractivity contribution in [2.75, 3.05) is 46.4 Å². The summed E-state index contributed by atoms with van der Waals surface area (Å²) in [7, 11) is 1.82. The fourth-order valence-corrected chi connectivity index (χ4v) is 2.71. The topological polar surface area (TPSA) is 33.7 Å². The average Bonchev–Trinajstić information content (AvgIpc) is 2.88. The summed E-state index contributed by atoms with van der Waals surface area (Å²) < 4.78 is 11.0. The molecule has 0 aromatic carbocycles. The molecule has 0 aromatic rings. The van der Waals surface area contributed by atoms with Crippen LogP contribution in [0, 0.1) is 0 Å². The molecule has 4 heteroatoms. The van der Waals surface area contributed by atoms with E-state index in [9.17, 15) is 0 Å². The Balaban J connectivity index is 1.52. The van der Waals surface area contributed by atoms with E-state index >= 15 is 0 Å². The first-order valence-electron chi connectivity index (χ1n) is 6.96. The van der Waals surface area contributed by atoms with Crippen molar-refractivity contribution in [1.29, 1.82) is 0 Å². The highest BCUT2D eigenvalue weighted by atomic mass is 16.5. The molecule has 0 spiro atoms. The van der Waals surface area contributed by atoms with Crippen LogP contribution in [-0.2, 0) is 9.47 Å². The van der Waals surface area contributed by atoms with Crippen molar-refractivity contribution in [3.05, 3.63) is 0 Å². The molecule has 0 aromatic heterocycles. The second-order valence-electron chi connectivity index (χ2n) is 5.14. The second-order valence-corrected chi connectivity index (χ2v) is 5.14. The van der Waals surface area contributed by atoms with Gasteiger partial charge in [-0.05, 0) is 32.2 Å². The van der Waals surface area contributed by atoms with Crippen molar-refractivity contribution in [3.8, 4) is 0 Å². The van der Waals surface area contributed by atoms with Gasteiger partial charge in [0.15, 0.2) is 0 Å². The van der Waals surface area contributed by atoms with Crippen LogP contribution in [-0.4, -0.2) is 63.5 Å². The first kappa shape index (κ1) is 13.3. The lowest BCUT2D eigenvalue weighted by Gasteiger charge is -2.31. The summed E-state index contributed by atoms with van der Waals surface area (Å²) in [6, 6.07) is 0. The number of methoxy groups -OCH3 is 1. The summed E-state index contributed by atoms with van der Waals surface area (Å²) in [4.78, 5) is 2.50. The second kappa shape index (κ2) is 7.31. The molecular formula is C13H26N2O2. The first-order valence-corrected chi connectivity index (χ1v) is 6.96. The van der Waals surface area contributed by atoms with E-state index in [2.05, 4.69) is 10.2 Å². The minimum Gasteiger partial charge on any atom is -0.380 e. The van der Waals surface area contributed by atoms with E-state index in [1.54, 1.807) is 0 Å². The third-order valence-corrected chi connectivity index (χ3v) is 3.80. The van der Waals surface area contributed by atoms with E-state index in [0.29, 0.717) is 12.2 Å². The summed E-state index contributed by atoms with van der Waals surface area (Å²) in [6.45, 7) is 6.48. The maximum Gasteiger partial charge on any atom is 0.0700 e. The maximum absolute atomic E-state index is 5.58. The Morgan fingerprint density at radius 3 is 3.06 bits per heavy atom. The van der Waals surface area contributed by atoms with Gasteiger partial charge in [-0.2, -0.15) is 0 Å². The molecule has 2 heterocycles. The lowest BCUT2D eigenvalue weighted by Crippen LogP contribution is -2.43. The Bertz CT molecular complexity index is 208.